The predicted molar refractivity (Wildman–Crippen MR) is 74.3 cm³/mol. The molecule has 0 saturated carbocycles. The molecule has 7 heteroatoms. The second-order valence-corrected chi connectivity index (χ2v) is 6.16. The minimum absolute atomic E-state index is 0.141. The fraction of sp³-hybridized carbons (Fsp3) is 0.308. The zero-order chi connectivity index (χ0) is 14.6. The van der Waals surface area contributed by atoms with Crippen LogP contribution < -0.4 is 4.72 Å². The van der Waals surface area contributed by atoms with E-state index in [1.807, 2.05) is 6.92 Å². The number of aromatic nitrogens is 2. The van der Waals surface area contributed by atoms with Gasteiger partial charge in [-0.3, -0.25) is 0 Å². The summed E-state index contributed by atoms with van der Waals surface area (Å²) in [6.07, 6.45) is 2.92. The van der Waals surface area contributed by atoms with Gasteiger partial charge in [0.15, 0.2) is 0 Å². The van der Waals surface area contributed by atoms with Gasteiger partial charge in [0.05, 0.1) is 23.9 Å². The lowest BCUT2D eigenvalue weighted by atomic mass is 10.1. The van der Waals surface area contributed by atoms with Crippen molar-refractivity contribution >= 4 is 10.0 Å². The first-order chi connectivity index (χ1) is 9.53. The Morgan fingerprint density at radius 1 is 1.45 bits per heavy atom. The van der Waals surface area contributed by atoms with Crippen molar-refractivity contribution in [2.24, 2.45) is 0 Å². The highest BCUT2D eigenvalue weighted by Crippen LogP contribution is 2.19. The first-order valence-corrected chi connectivity index (χ1v) is 7.76. The molecular formula is C13H17N3O3S. The van der Waals surface area contributed by atoms with Gasteiger partial charge in [0.25, 0.3) is 0 Å². The largest absolute Gasteiger partial charge is 0.388 e. The summed E-state index contributed by atoms with van der Waals surface area (Å²) in [6.45, 7) is 1.98. The number of benzene rings is 1. The Morgan fingerprint density at radius 3 is 2.90 bits per heavy atom. The van der Waals surface area contributed by atoms with Gasteiger partial charge in [0.2, 0.25) is 10.0 Å². The summed E-state index contributed by atoms with van der Waals surface area (Å²) < 4.78 is 26.8. The van der Waals surface area contributed by atoms with Gasteiger partial charge in [-0.1, -0.05) is 19.1 Å². The van der Waals surface area contributed by atoms with Crippen LogP contribution in [0, 0.1) is 0 Å². The van der Waals surface area contributed by atoms with Crippen molar-refractivity contribution in [2.75, 3.05) is 0 Å². The second-order valence-electron chi connectivity index (χ2n) is 4.40. The molecule has 0 saturated heterocycles. The number of sulfonamides is 1. The average Bonchev–Trinajstić information content (AvgIpc) is 2.98. The SMILES string of the molecule is CCC(O)c1cccc(S(=O)(=O)NCc2cnc[nH]2)c1. The monoisotopic (exact) mass is 295 g/mol. The molecule has 1 atom stereocenters. The van der Waals surface area contributed by atoms with Crippen LogP contribution in [0.4, 0.5) is 0 Å². The molecule has 0 spiro atoms. The van der Waals surface area contributed by atoms with Crippen LogP contribution in [0.2, 0.25) is 0 Å². The normalized spacial score (nSPS) is 13.3. The third-order valence-corrected chi connectivity index (χ3v) is 4.35. The molecule has 0 amide bonds. The van der Waals surface area contributed by atoms with Crippen LogP contribution in [-0.4, -0.2) is 23.5 Å². The maximum Gasteiger partial charge on any atom is 0.240 e. The van der Waals surface area contributed by atoms with Crippen LogP contribution in [0.25, 0.3) is 0 Å². The number of aliphatic hydroxyl groups is 1. The first kappa shape index (κ1) is 14.7. The number of H-pyrrole nitrogens is 1. The zero-order valence-electron chi connectivity index (χ0n) is 11.1. The molecular weight excluding hydrogens is 278 g/mol. The Labute approximate surface area is 117 Å². The van der Waals surface area contributed by atoms with Crippen LogP contribution in [0.3, 0.4) is 0 Å². The minimum atomic E-state index is -3.61. The van der Waals surface area contributed by atoms with Gasteiger partial charge >= 0.3 is 0 Å². The quantitative estimate of drug-likeness (QED) is 0.749. The lowest BCUT2D eigenvalue weighted by molar-refractivity contribution is 0.173. The Hall–Kier alpha value is -1.70. The van der Waals surface area contributed by atoms with Crippen molar-refractivity contribution in [1.82, 2.24) is 14.7 Å². The van der Waals surface area contributed by atoms with E-state index in [1.54, 1.807) is 18.3 Å². The molecule has 1 aromatic heterocycles. The zero-order valence-corrected chi connectivity index (χ0v) is 11.9. The number of aromatic amines is 1. The van der Waals surface area contributed by atoms with Crippen LogP contribution in [-0.2, 0) is 16.6 Å². The first-order valence-electron chi connectivity index (χ1n) is 6.28. The second kappa shape index (κ2) is 6.17. The van der Waals surface area contributed by atoms with E-state index < -0.39 is 16.1 Å². The fourth-order valence-electron chi connectivity index (χ4n) is 1.76. The standard InChI is InChI=1S/C13H17N3O3S/c1-2-13(17)10-4-3-5-12(6-10)20(18,19)16-8-11-7-14-9-15-11/h3-7,9,13,16-17H,2,8H2,1H3,(H,14,15). The van der Waals surface area contributed by atoms with E-state index in [4.69, 9.17) is 0 Å². The molecule has 0 aliphatic carbocycles. The van der Waals surface area contributed by atoms with E-state index in [9.17, 15) is 13.5 Å². The molecule has 0 aliphatic heterocycles. The number of imidazole rings is 1. The van der Waals surface area contributed by atoms with Crippen molar-refractivity contribution in [3.63, 3.8) is 0 Å². The molecule has 3 N–H and O–H groups in total. The summed E-state index contributed by atoms with van der Waals surface area (Å²) in [7, 11) is -3.61. The molecule has 0 radical (unpaired) electrons. The summed E-state index contributed by atoms with van der Waals surface area (Å²) >= 11 is 0. The van der Waals surface area contributed by atoms with Crippen molar-refractivity contribution < 1.29 is 13.5 Å². The van der Waals surface area contributed by atoms with Gasteiger partial charge in [0, 0.05) is 11.9 Å². The molecule has 6 nitrogen and oxygen atoms in total. The van der Waals surface area contributed by atoms with E-state index >= 15 is 0 Å². The Bertz CT molecular complexity index is 653. The van der Waals surface area contributed by atoms with Gasteiger partial charge in [-0.2, -0.15) is 0 Å². The third-order valence-electron chi connectivity index (χ3n) is 2.95. The molecule has 1 unspecified atom stereocenters. The van der Waals surface area contributed by atoms with Crippen LogP contribution in [0.15, 0.2) is 41.7 Å². The smallest absolute Gasteiger partial charge is 0.240 e. The topological polar surface area (TPSA) is 95.1 Å². The highest BCUT2D eigenvalue weighted by atomic mass is 32.2. The number of nitrogens with zero attached hydrogens (tertiary/aromatic N) is 1. The molecule has 0 fully saturated rings. The number of nitrogens with one attached hydrogen (secondary N) is 2. The summed E-state index contributed by atoms with van der Waals surface area (Å²) in [5.74, 6) is 0. The molecule has 20 heavy (non-hydrogen) atoms. The maximum atomic E-state index is 12.2. The minimum Gasteiger partial charge on any atom is -0.388 e. The Kier molecular flexibility index (Phi) is 4.53. The van der Waals surface area contributed by atoms with E-state index in [0.717, 1.165) is 0 Å². The fourth-order valence-corrected chi connectivity index (χ4v) is 2.82. The predicted octanol–water partition coefficient (Wildman–Crippen LogP) is 1.33. The molecule has 0 aliphatic rings. The van der Waals surface area contributed by atoms with Gasteiger partial charge in [0.1, 0.15) is 0 Å². The van der Waals surface area contributed by atoms with Gasteiger partial charge in [-0.05, 0) is 24.1 Å². The van der Waals surface area contributed by atoms with Gasteiger partial charge < -0.3 is 10.1 Å². The molecule has 2 aromatic rings. The van der Waals surface area contributed by atoms with Crippen molar-refractivity contribution in [3.8, 4) is 0 Å². The summed E-state index contributed by atoms with van der Waals surface area (Å²) in [6, 6.07) is 6.33. The third kappa shape index (κ3) is 3.44. The number of aliphatic hydroxyl groups excluding tert-OH is 1. The molecule has 1 heterocycles. The van der Waals surface area contributed by atoms with Gasteiger partial charge in [-0.25, -0.2) is 18.1 Å². The van der Waals surface area contributed by atoms with E-state index in [1.165, 1.54) is 18.5 Å². The maximum absolute atomic E-state index is 12.2. The Morgan fingerprint density at radius 2 is 2.25 bits per heavy atom. The molecule has 1 aromatic carbocycles. The highest BCUT2D eigenvalue weighted by Gasteiger charge is 2.16. The van der Waals surface area contributed by atoms with Gasteiger partial charge in [-0.15, -0.1) is 0 Å². The van der Waals surface area contributed by atoms with Crippen molar-refractivity contribution in [1.29, 1.82) is 0 Å². The van der Waals surface area contributed by atoms with Crippen LogP contribution in [0.5, 0.6) is 0 Å². The summed E-state index contributed by atoms with van der Waals surface area (Å²) in [5, 5.41) is 9.77. The number of hydrogen-bond acceptors (Lipinski definition) is 4. The lowest BCUT2D eigenvalue weighted by Gasteiger charge is -2.11. The molecule has 0 bridgehead atoms. The molecule has 2 rings (SSSR count). The summed E-state index contributed by atoms with van der Waals surface area (Å²) in [4.78, 5) is 6.78. The van der Waals surface area contributed by atoms with Crippen LogP contribution >= 0.6 is 0 Å². The Balaban J connectivity index is 2.16. The highest BCUT2D eigenvalue weighted by molar-refractivity contribution is 7.89. The van der Waals surface area contributed by atoms with E-state index in [0.29, 0.717) is 17.7 Å². The van der Waals surface area contributed by atoms with Crippen molar-refractivity contribution in [3.05, 3.63) is 48.0 Å². The number of rotatable bonds is 6. The molecule has 108 valence electrons. The van der Waals surface area contributed by atoms with E-state index in [-0.39, 0.29) is 11.4 Å². The number of hydrogen-bond donors (Lipinski definition) is 3. The average molecular weight is 295 g/mol. The summed E-state index contributed by atoms with van der Waals surface area (Å²) in [5.41, 5.74) is 1.27. The van der Waals surface area contributed by atoms with E-state index in [2.05, 4.69) is 14.7 Å². The van der Waals surface area contributed by atoms with Crippen LogP contribution in [0.1, 0.15) is 30.7 Å². The van der Waals surface area contributed by atoms with Crippen molar-refractivity contribution in [2.45, 2.75) is 30.9 Å². The lowest BCUT2D eigenvalue weighted by Crippen LogP contribution is -2.23.